The summed E-state index contributed by atoms with van der Waals surface area (Å²) in [5, 5.41) is 10.3. The largest absolute Gasteiger partial charge is 0.489 e. The third-order valence-electron chi connectivity index (χ3n) is 8.97. The van der Waals surface area contributed by atoms with Crippen LogP contribution in [0.15, 0.2) is 82.7 Å². The number of hydrogen-bond acceptors (Lipinski definition) is 6. The second kappa shape index (κ2) is 13.5. The zero-order valence-electron chi connectivity index (χ0n) is 24.7. The van der Waals surface area contributed by atoms with E-state index in [1.165, 1.54) is 31.0 Å². The number of anilines is 1. The number of hydrogen-bond donors (Lipinski definition) is 1. The first-order valence-corrected chi connectivity index (χ1v) is 16.6. The van der Waals surface area contributed by atoms with Gasteiger partial charge in [-0.15, -0.1) is 12.4 Å². The van der Waals surface area contributed by atoms with Gasteiger partial charge < -0.3 is 19.6 Å². The van der Waals surface area contributed by atoms with E-state index in [1.807, 2.05) is 47.4 Å². The van der Waals surface area contributed by atoms with Crippen molar-refractivity contribution in [1.82, 2.24) is 4.90 Å². The fraction of sp³-hybridized carbons (Fsp3) is 0.343. The summed E-state index contributed by atoms with van der Waals surface area (Å²) in [6.45, 7) is 1.07. The van der Waals surface area contributed by atoms with E-state index in [-0.39, 0.29) is 29.7 Å². The number of amides is 1. The number of thioether (sulfide) groups is 1. The van der Waals surface area contributed by atoms with Crippen LogP contribution in [0.2, 0.25) is 5.02 Å². The van der Waals surface area contributed by atoms with Crippen LogP contribution < -0.4 is 9.64 Å². The lowest BCUT2D eigenvalue weighted by molar-refractivity contribution is -0.131. The minimum Gasteiger partial charge on any atom is -0.489 e. The molecule has 7 rings (SSSR count). The van der Waals surface area contributed by atoms with Crippen molar-refractivity contribution in [2.24, 2.45) is 4.99 Å². The van der Waals surface area contributed by atoms with E-state index >= 15 is 0 Å². The van der Waals surface area contributed by atoms with E-state index in [0.29, 0.717) is 29.0 Å². The Kier molecular flexibility index (Phi) is 9.45. The quantitative estimate of drug-likeness (QED) is 0.263. The molecule has 45 heavy (non-hydrogen) atoms. The molecule has 2 fully saturated rings. The zero-order chi connectivity index (χ0) is 30.2. The molecule has 1 amide bonds. The minimum absolute atomic E-state index is 0. The molecule has 0 radical (unpaired) electrons. The van der Waals surface area contributed by atoms with E-state index in [1.54, 1.807) is 6.08 Å². The Bertz CT molecular complexity index is 1640. The topological polar surface area (TPSA) is 82.4 Å². The highest BCUT2D eigenvalue weighted by atomic mass is 35.5. The fourth-order valence-electron chi connectivity index (χ4n) is 6.77. The second-order valence-corrected chi connectivity index (χ2v) is 13.4. The predicted molar refractivity (Wildman–Crippen MR) is 183 cm³/mol. The summed E-state index contributed by atoms with van der Waals surface area (Å²) < 4.78 is 6.34. The van der Waals surface area contributed by atoms with Crippen LogP contribution in [0.4, 0.5) is 5.69 Å². The van der Waals surface area contributed by atoms with Gasteiger partial charge >= 0.3 is 5.97 Å². The molecule has 0 aromatic heterocycles. The third-order valence-corrected chi connectivity index (χ3v) is 10.5. The van der Waals surface area contributed by atoms with Crippen LogP contribution in [0.3, 0.4) is 0 Å². The summed E-state index contributed by atoms with van der Waals surface area (Å²) in [7, 11) is 0. The molecule has 1 N–H and O–H groups in total. The van der Waals surface area contributed by atoms with E-state index in [2.05, 4.69) is 29.2 Å². The molecular weight excluding hydrogens is 629 g/mol. The molecular formula is C35H35Cl2N3O4S. The van der Waals surface area contributed by atoms with Gasteiger partial charge in [0.2, 0.25) is 5.91 Å². The Balaban J connectivity index is 0.00000357. The number of rotatable bonds is 8. The number of carbonyl (C=O) groups excluding carboxylic acids is 1. The molecule has 3 aromatic rings. The molecule has 1 saturated carbocycles. The minimum atomic E-state index is -0.872. The maximum Gasteiger partial charge on any atom is 0.341 e. The number of aliphatic imine (C=N–C) groups is 1. The molecule has 2 atom stereocenters. The highest BCUT2D eigenvalue weighted by Gasteiger charge is 2.45. The molecule has 1 aliphatic carbocycles. The van der Waals surface area contributed by atoms with Crippen LogP contribution in [-0.2, 0) is 16.2 Å². The van der Waals surface area contributed by atoms with Gasteiger partial charge in [0.05, 0.1) is 4.91 Å². The number of carboxylic acids is 1. The number of aliphatic carboxylic acids is 1. The summed E-state index contributed by atoms with van der Waals surface area (Å²) in [4.78, 5) is 33.8. The molecule has 0 bridgehead atoms. The normalized spacial score (nSPS) is 21.3. The number of amidine groups is 1. The van der Waals surface area contributed by atoms with Gasteiger partial charge in [-0.05, 0) is 90.6 Å². The molecule has 3 aliphatic heterocycles. The Labute approximate surface area is 278 Å². The van der Waals surface area contributed by atoms with Crippen molar-refractivity contribution < 1.29 is 19.4 Å². The highest BCUT2D eigenvalue weighted by Crippen LogP contribution is 2.44. The molecule has 10 heteroatoms. The van der Waals surface area contributed by atoms with Crippen molar-refractivity contribution in [2.45, 2.75) is 69.0 Å². The Morgan fingerprint density at radius 2 is 1.71 bits per heavy atom. The van der Waals surface area contributed by atoms with Gasteiger partial charge in [-0.25, -0.2) is 4.79 Å². The molecule has 2 unspecified atom stereocenters. The highest BCUT2D eigenvalue weighted by molar-refractivity contribution is 8.04. The average molecular weight is 665 g/mol. The first kappa shape index (κ1) is 31.5. The fourth-order valence-corrected chi connectivity index (χ4v) is 8.14. The average Bonchev–Trinajstić information content (AvgIpc) is 3.76. The summed E-state index contributed by atoms with van der Waals surface area (Å²) in [6.07, 6.45) is 9.09. The lowest BCUT2D eigenvalue weighted by Crippen LogP contribution is -2.45. The maximum atomic E-state index is 12.5. The van der Waals surface area contributed by atoms with Gasteiger partial charge in [-0.3, -0.25) is 9.79 Å². The van der Waals surface area contributed by atoms with E-state index in [4.69, 9.17) is 21.3 Å². The van der Waals surface area contributed by atoms with Crippen molar-refractivity contribution in [2.75, 3.05) is 11.4 Å². The monoisotopic (exact) mass is 663 g/mol. The maximum absolute atomic E-state index is 12.5. The van der Waals surface area contributed by atoms with E-state index in [9.17, 15) is 14.7 Å². The standard InChI is InChI=1S/C35H34ClN3O4S.ClH/c36-25-12-8-22(9-13-25)29-17-14-27(38-18-4-7-32(38)40)19-24(29)21-43-28-15-10-23(11-16-28)33-37-30-20-31(35(41)42)44-34(30)39(33)26-5-2-1-3-6-26;/h8-17,19-20,26,30,34H,1-7,18,21H2,(H,41,42);1H. The van der Waals surface area contributed by atoms with Crippen molar-refractivity contribution >= 4 is 59.2 Å². The van der Waals surface area contributed by atoms with Crippen molar-refractivity contribution in [1.29, 1.82) is 0 Å². The number of halogens is 2. The number of fused-ring (bicyclic) bond motifs is 1. The van der Waals surface area contributed by atoms with Crippen LogP contribution in [0.1, 0.15) is 56.1 Å². The van der Waals surface area contributed by atoms with Gasteiger partial charge in [0.1, 0.15) is 29.6 Å². The summed E-state index contributed by atoms with van der Waals surface area (Å²) in [5.74, 6) is 0.965. The van der Waals surface area contributed by atoms with Crippen LogP contribution in [-0.4, -0.2) is 51.7 Å². The van der Waals surface area contributed by atoms with Gasteiger partial charge in [-0.1, -0.05) is 60.8 Å². The third kappa shape index (κ3) is 6.46. The predicted octanol–water partition coefficient (Wildman–Crippen LogP) is 7.94. The smallest absolute Gasteiger partial charge is 0.341 e. The lowest BCUT2D eigenvalue weighted by atomic mass is 9.93. The molecule has 234 valence electrons. The Morgan fingerprint density at radius 3 is 2.40 bits per heavy atom. The van der Waals surface area contributed by atoms with Gasteiger partial charge in [0.25, 0.3) is 0 Å². The van der Waals surface area contributed by atoms with E-state index < -0.39 is 5.97 Å². The molecule has 4 aliphatic rings. The second-order valence-electron chi connectivity index (χ2n) is 11.8. The number of ether oxygens (including phenoxy) is 1. The van der Waals surface area contributed by atoms with Crippen LogP contribution in [0.5, 0.6) is 5.75 Å². The van der Waals surface area contributed by atoms with Gasteiger partial charge in [0.15, 0.2) is 0 Å². The van der Waals surface area contributed by atoms with Crippen LogP contribution in [0.25, 0.3) is 11.1 Å². The summed E-state index contributed by atoms with van der Waals surface area (Å²) in [5.41, 5.74) is 4.97. The molecule has 7 nitrogen and oxygen atoms in total. The first-order valence-electron chi connectivity index (χ1n) is 15.3. The van der Waals surface area contributed by atoms with E-state index in [0.717, 1.165) is 65.3 Å². The SMILES string of the molecule is Cl.O=C(O)C1=CC2N=C(c3ccc(OCc4cc(N5CCCC5=O)ccc4-c4ccc(Cl)cc4)cc3)N(C3CCCCC3)C2S1. The molecule has 1 saturated heterocycles. The molecule has 0 spiro atoms. The first-order chi connectivity index (χ1) is 21.4. The Morgan fingerprint density at radius 1 is 0.978 bits per heavy atom. The van der Waals surface area contributed by atoms with Crippen molar-refractivity contribution in [3.8, 4) is 16.9 Å². The van der Waals surface area contributed by atoms with Gasteiger partial charge in [0, 0.05) is 35.3 Å². The van der Waals surface area contributed by atoms with Crippen molar-refractivity contribution in [3.05, 3.63) is 93.9 Å². The van der Waals surface area contributed by atoms with Crippen LogP contribution in [0, 0.1) is 0 Å². The molecule has 3 heterocycles. The lowest BCUT2D eigenvalue weighted by Gasteiger charge is -2.37. The van der Waals surface area contributed by atoms with Gasteiger partial charge in [-0.2, -0.15) is 0 Å². The molecule has 3 aromatic carbocycles. The number of carboxylic acid groups (broad SMARTS) is 1. The Hall–Kier alpha value is -3.46. The summed E-state index contributed by atoms with van der Waals surface area (Å²) in [6, 6.07) is 22.2. The number of benzene rings is 3. The van der Waals surface area contributed by atoms with Crippen LogP contribution >= 0.6 is 35.8 Å². The number of nitrogens with zero attached hydrogens (tertiary/aromatic N) is 3. The summed E-state index contributed by atoms with van der Waals surface area (Å²) >= 11 is 7.58. The zero-order valence-corrected chi connectivity index (χ0v) is 27.1. The van der Waals surface area contributed by atoms with Crippen molar-refractivity contribution in [3.63, 3.8) is 0 Å². The number of carbonyl (C=O) groups is 2.